The minimum absolute atomic E-state index is 0.793. The molecule has 1 saturated carbocycles. The maximum atomic E-state index is 4.16. The molecule has 0 atom stereocenters. The molecule has 3 heteroatoms. The van der Waals surface area contributed by atoms with Crippen LogP contribution in [0.3, 0.4) is 0 Å². The molecule has 0 unspecified atom stereocenters. The largest absolute Gasteiger partial charge is 0.310 e. The van der Waals surface area contributed by atoms with Crippen molar-refractivity contribution in [3.63, 3.8) is 0 Å². The number of nitrogens with one attached hydrogen (secondary N) is 1. The number of nitrogens with zero attached hydrogens (tertiary/aromatic N) is 2. The summed E-state index contributed by atoms with van der Waals surface area (Å²) in [4.78, 5) is 4.97. The predicted octanol–water partition coefficient (Wildman–Crippen LogP) is 1.32. The summed E-state index contributed by atoms with van der Waals surface area (Å²) in [7, 11) is 2.21. The Labute approximate surface area is 106 Å². The monoisotopic (exact) mass is 237 g/mol. The van der Waals surface area contributed by atoms with E-state index in [1.54, 1.807) is 0 Å². The van der Waals surface area contributed by atoms with Gasteiger partial charge in [0.1, 0.15) is 0 Å². The second-order valence-electron chi connectivity index (χ2n) is 5.69. The first kappa shape index (κ1) is 13.1. The molecular formula is C14H27N3. The van der Waals surface area contributed by atoms with E-state index in [1.165, 1.54) is 57.4 Å². The van der Waals surface area contributed by atoms with Crippen molar-refractivity contribution in [2.75, 3.05) is 46.3 Å². The minimum Gasteiger partial charge on any atom is -0.310 e. The van der Waals surface area contributed by atoms with Crippen LogP contribution in [0.5, 0.6) is 0 Å². The van der Waals surface area contributed by atoms with Gasteiger partial charge in [-0.3, -0.25) is 0 Å². The number of rotatable bonds is 8. The molecule has 2 fully saturated rings. The van der Waals surface area contributed by atoms with Gasteiger partial charge in [-0.25, -0.2) is 0 Å². The lowest BCUT2D eigenvalue weighted by molar-refractivity contribution is 0.267. The third kappa shape index (κ3) is 5.19. The molecule has 0 bridgehead atoms. The van der Waals surface area contributed by atoms with Crippen molar-refractivity contribution in [1.29, 1.82) is 0 Å². The van der Waals surface area contributed by atoms with E-state index >= 15 is 0 Å². The molecule has 0 aromatic rings. The first-order valence-electron chi connectivity index (χ1n) is 7.05. The van der Waals surface area contributed by atoms with Crippen LogP contribution in [0.4, 0.5) is 0 Å². The van der Waals surface area contributed by atoms with Crippen LogP contribution in [0.25, 0.3) is 0 Å². The highest BCUT2D eigenvalue weighted by Gasteiger charge is 2.20. The van der Waals surface area contributed by atoms with Gasteiger partial charge < -0.3 is 15.1 Å². The fourth-order valence-electron chi connectivity index (χ4n) is 2.41. The molecule has 0 amide bonds. The van der Waals surface area contributed by atoms with Crippen LogP contribution in [-0.4, -0.2) is 62.2 Å². The summed E-state index contributed by atoms with van der Waals surface area (Å²) < 4.78 is 0. The zero-order valence-electron chi connectivity index (χ0n) is 11.2. The van der Waals surface area contributed by atoms with Crippen molar-refractivity contribution in [3.8, 4) is 0 Å². The summed E-state index contributed by atoms with van der Waals surface area (Å²) >= 11 is 0. The fourth-order valence-corrected chi connectivity index (χ4v) is 2.41. The maximum absolute atomic E-state index is 4.16. The lowest BCUT2D eigenvalue weighted by Gasteiger charge is -2.22. The third-order valence-electron chi connectivity index (χ3n) is 3.71. The van der Waals surface area contributed by atoms with E-state index in [0.29, 0.717) is 0 Å². The molecule has 1 N–H and O–H groups in total. The molecule has 0 aromatic heterocycles. The SMILES string of the molecule is C=C(CNC1CC1)CN(C)CCN1CCCC1. The van der Waals surface area contributed by atoms with Crippen molar-refractivity contribution in [1.82, 2.24) is 15.1 Å². The standard InChI is InChI=1S/C14H27N3/c1-13(11-15-14-5-6-14)12-16(2)9-10-17-7-3-4-8-17/h14-15H,1,3-12H2,2H3. The topological polar surface area (TPSA) is 18.5 Å². The van der Waals surface area contributed by atoms with Gasteiger partial charge in [-0.2, -0.15) is 0 Å². The quantitative estimate of drug-likeness (QED) is 0.642. The van der Waals surface area contributed by atoms with Crippen LogP contribution in [0.1, 0.15) is 25.7 Å². The number of likely N-dealkylation sites (N-methyl/N-ethyl adjacent to an activating group) is 1. The maximum Gasteiger partial charge on any atom is 0.0200 e. The molecule has 98 valence electrons. The Morgan fingerprint density at radius 3 is 2.71 bits per heavy atom. The van der Waals surface area contributed by atoms with E-state index in [4.69, 9.17) is 0 Å². The molecule has 2 rings (SSSR count). The average Bonchev–Trinajstić information content (AvgIpc) is 2.99. The van der Waals surface area contributed by atoms with E-state index in [2.05, 4.69) is 28.7 Å². The Balaban J connectivity index is 1.52. The number of likely N-dealkylation sites (tertiary alicyclic amines) is 1. The van der Waals surface area contributed by atoms with Gasteiger partial charge in [-0.05, 0) is 51.4 Å². The van der Waals surface area contributed by atoms with Crippen molar-refractivity contribution in [2.45, 2.75) is 31.7 Å². The molecular weight excluding hydrogens is 210 g/mol. The van der Waals surface area contributed by atoms with Crippen molar-refractivity contribution in [2.24, 2.45) is 0 Å². The minimum atomic E-state index is 0.793. The van der Waals surface area contributed by atoms with Crippen LogP contribution in [0.15, 0.2) is 12.2 Å². The van der Waals surface area contributed by atoms with Crippen molar-refractivity contribution in [3.05, 3.63) is 12.2 Å². The van der Waals surface area contributed by atoms with Gasteiger partial charge in [0.25, 0.3) is 0 Å². The predicted molar refractivity (Wildman–Crippen MR) is 73.3 cm³/mol. The first-order valence-corrected chi connectivity index (χ1v) is 7.05. The second-order valence-corrected chi connectivity index (χ2v) is 5.69. The van der Waals surface area contributed by atoms with Gasteiger partial charge in [0.2, 0.25) is 0 Å². The van der Waals surface area contributed by atoms with E-state index in [0.717, 1.165) is 19.1 Å². The Morgan fingerprint density at radius 2 is 2.06 bits per heavy atom. The van der Waals surface area contributed by atoms with Gasteiger partial charge >= 0.3 is 0 Å². The van der Waals surface area contributed by atoms with Crippen molar-refractivity contribution >= 4 is 0 Å². The Morgan fingerprint density at radius 1 is 1.35 bits per heavy atom. The summed E-state index contributed by atoms with van der Waals surface area (Å²) in [6.45, 7) is 11.2. The van der Waals surface area contributed by atoms with Crippen LogP contribution in [0, 0.1) is 0 Å². The highest BCUT2D eigenvalue weighted by atomic mass is 15.2. The Hall–Kier alpha value is -0.380. The molecule has 1 aliphatic heterocycles. The van der Waals surface area contributed by atoms with Crippen molar-refractivity contribution < 1.29 is 0 Å². The highest BCUT2D eigenvalue weighted by molar-refractivity contribution is 5.01. The first-order chi connectivity index (χ1) is 8.24. The Kier molecular flexibility index (Phi) is 5.01. The zero-order valence-corrected chi connectivity index (χ0v) is 11.2. The van der Waals surface area contributed by atoms with E-state index < -0.39 is 0 Å². The average molecular weight is 237 g/mol. The van der Waals surface area contributed by atoms with Crippen LogP contribution >= 0.6 is 0 Å². The Bertz CT molecular complexity index is 242. The van der Waals surface area contributed by atoms with Gasteiger partial charge in [-0.1, -0.05) is 6.58 Å². The van der Waals surface area contributed by atoms with Crippen LogP contribution < -0.4 is 5.32 Å². The van der Waals surface area contributed by atoms with E-state index in [9.17, 15) is 0 Å². The number of hydrogen-bond acceptors (Lipinski definition) is 3. The molecule has 0 radical (unpaired) electrons. The fraction of sp³-hybridized carbons (Fsp3) is 0.857. The third-order valence-corrected chi connectivity index (χ3v) is 3.71. The normalized spacial score (nSPS) is 21.3. The molecule has 3 nitrogen and oxygen atoms in total. The zero-order chi connectivity index (χ0) is 12.1. The molecule has 0 aromatic carbocycles. The molecule has 0 spiro atoms. The van der Waals surface area contributed by atoms with Crippen LogP contribution in [0.2, 0.25) is 0 Å². The summed E-state index contributed by atoms with van der Waals surface area (Å²) in [6, 6.07) is 0.793. The lowest BCUT2D eigenvalue weighted by atomic mass is 10.3. The summed E-state index contributed by atoms with van der Waals surface area (Å²) in [5.41, 5.74) is 1.32. The molecule has 1 aliphatic carbocycles. The summed E-state index contributed by atoms with van der Waals surface area (Å²) in [5, 5.41) is 3.52. The van der Waals surface area contributed by atoms with Gasteiger partial charge in [0, 0.05) is 32.2 Å². The van der Waals surface area contributed by atoms with Gasteiger partial charge in [0.15, 0.2) is 0 Å². The summed E-state index contributed by atoms with van der Waals surface area (Å²) in [6.07, 6.45) is 5.50. The highest BCUT2D eigenvalue weighted by Crippen LogP contribution is 2.18. The second kappa shape index (κ2) is 6.53. The number of hydrogen-bond donors (Lipinski definition) is 1. The molecule has 17 heavy (non-hydrogen) atoms. The van der Waals surface area contributed by atoms with E-state index in [1.807, 2.05) is 0 Å². The lowest BCUT2D eigenvalue weighted by Crippen LogP contribution is -2.33. The van der Waals surface area contributed by atoms with Crippen LogP contribution in [-0.2, 0) is 0 Å². The molecule has 1 saturated heterocycles. The molecule has 2 aliphatic rings. The molecule has 1 heterocycles. The summed E-state index contributed by atoms with van der Waals surface area (Å²) in [5.74, 6) is 0. The smallest absolute Gasteiger partial charge is 0.0200 e. The van der Waals surface area contributed by atoms with Gasteiger partial charge in [0.05, 0.1) is 0 Å². The van der Waals surface area contributed by atoms with E-state index in [-0.39, 0.29) is 0 Å². The van der Waals surface area contributed by atoms with Gasteiger partial charge in [-0.15, -0.1) is 0 Å².